The number of carbonyl (C=O) groups excluding carboxylic acids is 2. The number of aryl methyl sites for hydroxylation is 1. The number of piperidine rings is 1. The van der Waals surface area contributed by atoms with Gasteiger partial charge in [-0.1, -0.05) is 0 Å². The molecule has 0 aliphatic carbocycles. The third-order valence-corrected chi connectivity index (χ3v) is 6.00. The summed E-state index contributed by atoms with van der Waals surface area (Å²) < 4.78 is 15.3. The van der Waals surface area contributed by atoms with Crippen molar-refractivity contribution in [2.75, 3.05) is 32.7 Å². The van der Waals surface area contributed by atoms with Crippen LogP contribution in [0.5, 0.6) is 0 Å². The van der Waals surface area contributed by atoms with Gasteiger partial charge in [0.15, 0.2) is 0 Å². The highest BCUT2D eigenvalue weighted by atomic mass is 35.5. The summed E-state index contributed by atoms with van der Waals surface area (Å²) in [6.45, 7) is 7.03. The van der Waals surface area contributed by atoms with E-state index < -0.39 is 0 Å². The van der Waals surface area contributed by atoms with Gasteiger partial charge in [0.05, 0.1) is 12.1 Å². The lowest BCUT2D eigenvalue weighted by Crippen LogP contribution is -2.57. The smallest absolute Gasteiger partial charge is 0.255 e. The number of carbonyl (C=O) groups is 2. The molecule has 1 aromatic carbocycles. The molecule has 2 fully saturated rings. The average Bonchev–Trinajstić information content (AvgIpc) is 3.03. The van der Waals surface area contributed by atoms with Crippen LogP contribution in [0.15, 0.2) is 30.3 Å². The molecule has 2 aromatic rings. The molecule has 0 bridgehead atoms. The van der Waals surface area contributed by atoms with Gasteiger partial charge in [-0.2, -0.15) is 0 Å². The third kappa shape index (κ3) is 4.23. The summed E-state index contributed by atoms with van der Waals surface area (Å²) in [6.07, 6.45) is 1.83. The van der Waals surface area contributed by atoms with Crippen molar-refractivity contribution in [3.05, 3.63) is 53.1 Å². The number of rotatable bonds is 3. The summed E-state index contributed by atoms with van der Waals surface area (Å²) in [5.41, 5.74) is 3.28. The van der Waals surface area contributed by atoms with Gasteiger partial charge in [-0.15, -0.1) is 12.4 Å². The van der Waals surface area contributed by atoms with Crippen LogP contribution in [0.25, 0.3) is 5.69 Å². The number of hydrogen-bond donors (Lipinski definition) is 1. The van der Waals surface area contributed by atoms with E-state index >= 15 is 0 Å². The van der Waals surface area contributed by atoms with Crippen LogP contribution >= 0.6 is 12.4 Å². The number of hydrogen-bond acceptors (Lipinski definition) is 3. The van der Waals surface area contributed by atoms with Gasteiger partial charge in [0, 0.05) is 49.3 Å². The standard InChI is InChI=1S/C22H27FN4O2.ClH/c1-15-12-20(16(2)27(15)18-7-5-17(23)6-8-18)22(29)25-10-3-4-19(14-25)26-11-9-24-13-21(26)28;/h5-8,12,19,24H,3-4,9-11,13-14H2,1-2H3;1H. The Morgan fingerprint density at radius 3 is 2.60 bits per heavy atom. The molecule has 0 saturated carbocycles. The molecule has 2 aliphatic heterocycles. The zero-order valence-electron chi connectivity index (χ0n) is 17.4. The molecule has 2 aliphatic rings. The maximum Gasteiger partial charge on any atom is 0.255 e. The van der Waals surface area contributed by atoms with E-state index in [9.17, 15) is 14.0 Å². The fourth-order valence-electron chi connectivity index (χ4n) is 4.54. The lowest BCUT2D eigenvalue weighted by Gasteiger charge is -2.41. The Labute approximate surface area is 182 Å². The lowest BCUT2D eigenvalue weighted by atomic mass is 10.0. The SMILES string of the molecule is Cc1cc(C(=O)N2CCCC(N3CCNCC3=O)C2)c(C)n1-c1ccc(F)cc1.Cl. The Bertz CT molecular complexity index is 928. The molecule has 3 heterocycles. The predicted octanol–water partition coefficient (Wildman–Crippen LogP) is 2.69. The van der Waals surface area contributed by atoms with Gasteiger partial charge in [-0.05, 0) is 57.0 Å². The second-order valence-corrected chi connectivity index (χ2v) is 7.91. The number of nitrogens with zero attached hydrogens (tertiary/aromatic N) is 3. The van der Waals surface area contributed by atoms with Crippen molar-refractivity contribution in [3.63, 3.8) is 0 Å². The van der Waals surface area contributed by atoms with E-state index in [-0.39, 0.29) is 36.1 Å². The van der Waals surface area contributed by atoms with Crippen LogP contribution in [-0.4, -0.2) is 64.9 Å². The number of halogens is 2. The molecule has 1 aromatic heterocycles. The fraction of sp³-hybridized carbons (Fsp3) is 0.455. The van der Waals surface area contributed by atoms with Crippen LogP contribution in [0.4, 0.5) is 4.39 Å². The summed E-state index contributed by atoms with van der Waals surface area (Å²) in [4.78, 5) is 29.4. The minimum Gasteiger partial charge on any atom is -0.337 e. The van der Waals surface area contributed by atoms with Gasteiger partial charge in [0.1, 0.15) is 5.82 Å². The van der Waals surface area contributed by atoms with Gasteiger partial charge in [-0.3, -0.25) is 9.59 Å². The molecule has 2 saturated heterocycles. The lowest BCUT2D eigenvalue weighted by molar-refractivity contribution is -0.135. The predicted molar refractivity (Wildman–Crippen MR) is 116 cm³/mol. The zero-order chi connectivity index (χ0) is 20.5. The van der Waals surface area contributed by atoms with Crippen molar-refractivity contribution < 1.29 is 14.0 Å². The van der Waals surface area contributed by atoms with E-state index in [1.54, 1.807) is 12.1 Å². The molecule has 162 valence electrons. The van der Waals surface area contributed by atoms with Crippen LogP contribution in [0.1, 0.15) is 34.6 Å². The van der Waals surface area contributed by atoms with Crippen LogP contribution < -0.4 is 5.32 Å². The van der Waals surface area contributed by atoms with Gasteiger partial charge < -0.3 is 19.7 Å². The maximum atomic E-state index is 13.3. The Morgan fingerprint density at radius 1 is 1.17 bits per heavy atom. The van der Waals surface area contributed by atoms with Crippen LogP contribution in [0.3, 0.4) is 0 Å². The van der Waals surface area contributed by atoms with Crippen molar-refractivity contribution in [2.24, 2.45) is 0 Å². The van der Waals surface area contributed by atoms with E-state index in [2.05, 4.69) is 5.32 Å². The number of nitrogens with one attached hydrogen (secondary N) is 1. The molecule has 6 nitrogen and oxygen atoms in total. The molecule has 0 radical (unpaired) electrons. The minimum atomic E-state index is -0.283. The highest BCUT2D eigenvalue weighted by molar-refractivity contribution is 5.96. The maximum absolute atomic E-state index is 13.3. The fourth-order valence-corrected chi connectivity index (χ4v) is 4.54. The minimum absolute atomic E-state index is 0. The summed E-state index contributed by atoms with van der Waals surface area (Å²) in [6, 6.07) is 8.28. The van der Waals surface area contributed by atoms with E-state index in [4.69, 9.17) is 0 Å². The first-order valence-electron chi connectivity index (χ1n) is 10.2. The summed E-state index contributed by atoms with van der Waals surface area (Å²) >= 11 is 0. The molecule has 1 unspecified atom stereocenters. The number of amides is 2. The first-order chi connectivity index (χ1) is 14.0. The van der Waals surface area contributed by atoms with E-state index in [0.29, 0.717) is 31.7 Å². The zero-order valence-corrected chi connectivity index (χ0v) is 18.2. The Balaban J connectivity index is 0.00000256. The topological polar surface area (TPSA) is 57.6 Å². The van der Waals surface area contributed by atoms with Crippen molar-refractivity contribution in [1.29, 1.82) is 0 Å². The Morgan fingerprint density at radius 2 is 1.90 bits per heavy atom. The first-order valence-corrected chi connectivity index (χ1v) is 10.2. The molecule has 1 atom stereocenters. The Kier molecular flexibility index (Phi) is 6.83. The summed E-state index contributed by atoms with van der Waals surface area (Å²) in [5, 5.41) is 3.10. The van der Waals surface area contributed by atoms with Gasteiger partial charge in [0.25, 0.3) is 5.91 Å². The van der Waals surface area contributed by atoms with Gasteiger partial charge >= 0.3 is 0 Å². The first kappa shape index (κ1) is 22.3. The van der Waals surface area contributed by atoms with Crippen molar-refractivity contribution in [1.82, 2.24) is 19.7 Å². The van der Waals surface area contributed by atoms with Gasteiger partial charge in [-0.25, -0.2) is 4.39 Å². The van der Waals surface area contributed by atoms with Crippen molar-refractivity contribution >= 4 is 24.2 Å². The molecule has 30 heavy (non-hydrogen) atoms. The van der Waals surface area contributed by atoms with E-state index in [1.807, 2.05) is 34.3 Å². The molecule has 0 spiro atoms. The largest absolute Gasteiger partial charge is 0.337 e. The highest BCUT2D eigenvalue weighted by Crippen LogP contribution is 2.25. The molecule has 2 amide bonds. The Hall–Kier alpha value is -2.38. The quantitative estimate of drug-likeness (QED) is 0.808. The number of benzene rings is 1. The normalized spacial score (nSPS) is 19.6. The van der Waals surface area contributed by atoms with Gasteiger partial charge in [0.2, 0.25) is 5.91 Å². The number of likely N-dealkylation sites (tertiary alicyclic amines) is 1. The molecular formula is C22H28ClFN4O2. The van der Waals surface area contributed by atoms with E-state index in [0.717, 1.165) is 36.5 Å². The average molecular weight is 435 g/mol. The molecular weight excluding hydrogens is 407 g/mol. The number of piperazine rings is 1. The van der Waals surface area contributed by atoms with Crippen LogP contribution in [0.2, 0.25) is 0 Å². The molecule has 1 N–H and O–H groups in total. The highest BCUT2D eigenvalue weighted by Gasteiger charge is 2.32. The van der Waals surface area contributed by atoms with Crippen molar-refractivity contribution in [2.45, 2.75) is 32.7 Å². The van der Waals surface area contributed by atoms with Crippen molar-refractivity contribution in [3.8, 4) is 5.69 Å². The second-order valence-electron chi connectivity index (χ2n) is 7.91. The number of aromatic nitrogens is 1. The van der Waals surface area contributed by atoms with Crippen LogP contribution in [-0.2, 0) is 4.79 Å². The summed E-state index contributed by atoms with van der Waals surface area (Å²) in [5.74, 6) is -0.168. The second kappa shape index (κ2) is 9.18. The molecule has 4 rings (SSSR count). The molecule has 8 heteroatoms. The van der Waals surface area contributed by atoms with Crippen LogP contribution in [0, 0.1) is 19.7 Å². The third-order valence-electron chi connectivity index (χ3n) is 6.00. The summed E-state index contributed by atoms with van der Waals surface area (Å²) in [7, 11) is 0. The monoisotopic (exact) mass is 434 g/mol. The van der Waals surface area contributed by atoms with E-state index in [1.165, 1.54) is 12.1 Å².